The molecule has 0 spiro atoms. The third kappa shape index (κ3) is 3.52. The summed E-state index contributed by atoms with van der Waals surface area (Å²) in [4.78, 5) is 12.4. The predicted molar refractivity (Wildman–Crippen MR) is 101 cm³/mol. The average Bonchev–Trinajstić information content (AvgIpc) is 3.01. The molecule has 2 heterocycles. The van der Waals surface area contributed by atoms with Gasteiger partial charge in [0.15, 0.2) is 0 Å². The van der Waals surface area contributed by atoms with E-state index in [0.29, 0.717) is 12.0 Å². The molecule has 1 fully saturated rings. The van der Waals surface area contributed by atoms with Crippen molar-refractivity contribution in [2.24, 2.45) is 0 Å². The van der Waals surface area contributed by atoms with Crippen molar-refractivity contribution in [1.29, 1.82) is 0 Å². The molecule has 0 unspecified atom stereocenters. The van der Waals surface area contributed by atoms with Crippen molar-refractivity contribution in [3.63, 3.8) is 0 Å². The van der Waals surface area contributed by atoms with Crippen molar-refractivity contribution in [2.45, 2.75) is 45.3 Å². The van der Waals surface area contributed by atoms with E-state index >= 15 is 0 Å². The van der Waals surface area contributed by atoms with E-state index in [1.807, 2.05) is 50.4 Å². The average molecular weight is 337 g/mol. The van der Waals surface area contributed by atoms with E-state index in [1.165, 1.54) is 19.3 Å². The van der Waals surface area contributed by atoms with Crippen LogP contribution in [-0.4, -0.2) is 27.1 Å². The van der Waals surface area contributed by atoms with Crippen LogP contribution in [0.2, 0.25) is 0 Å². The molecule has 1 aromatic carbocycles. The first-order chi connectivity index (χ1) is 12.2. The molecule has 6 heteroatoms. The lowest BCUT2D eigenvalue weighted by molar-refractivity contribution is 0.242. The Bertz CT molecular complexity index is 852. The van der Waals surface area contributed by atoms with Crippen LogP contribution >= 0.6 is 0 Å². The van der Waals surface area contributed by atoms with Crippen molar-refractivity contribution < 1.29 is 4.74 Å². The highest BCUT2D eigenvalue weighted by molar-refractivity contribution is 5.88. The Hall–Kier alpha value is -2.76. The third-order valence-electron chi connectivity index (χ3n) is 4.34. The van der Waals surface area contributed by atoms with Gasteiger partial charge in [-0.05, 0) is 63.4 Å². The van der Waals surface area contributed by atoms with Crippen LogP contribution in [0, 0.1) is 0 Å². The smallest absolute Gasteiger partial charge is 0.231 e. The minimum absolute atomic E-state index is 0.164. The highest BCUT2D eigenvalue weighted by Gasteiger charge is 2.19. The number of aromatic amines is 1. The minimum Gasteiger partial charge on any atom is -0.491 e. The van der Waals surface area contributed by atoms with Gasteiger partial charge in [-0.1, -0.05) is 0 Å². The topological polar surface area (TPSA) is 74.9 Å². The predicted octanol–water partition coefficient (Wildman–Crippen LogP) is 4.45. The fraction of sp³-hybridized carbons (Fsp3) is 0.368. The van der Waals surface area contributed by atoms with Gasteiger partial charge < -0.3 is 20.4 Å². The van der Waals surface area contributed by atoms with Crippen LogP contribution in [0.15, 0.2) is 36.5 Å². The molecule has 0 radical (unpaired) electrons. The Morgan fingerprint density at radius 1 is 1.12 bits per heavy atom. The molecule has 3 N–H and O–H groups in total. The summed E-state index contributed by atoms with van der Waals surface area (Å²) in [6, 6.07) is 10.4. The van der Waals surface area contributed by atoms with E-state index in [0.717, 1.165) is 28.3 Å². The van der Waals surface area contributed by atoms with Crippen LogP contribution in [0.1, 0.15) is 33.1 Å². The maximum Gasteiger partial charge on any atom is 0.231 e. The lowest BCUT2D eigenvalue weighted by Gasteiger charge is -2.27. The van der Waals surface area contributed by atoms with E-state index in [4.69, 9.17) is 4.74 Å². The van der Waals surface area contributed by atoms with Gasteiger partial charge in [0.2, 0.25) is 5.95 Å². The standard InChI is InChI=1S/C19H23N5O/c1-12(2)25-15-8-6-14(7-9-15)22-19-23-17-16(10-11-20-17)18(24-19)21-13-4-3-5-13/h6-13H,3-5H2,1-2H3,(H3,20,21,22,23,24). The number of anilines is 3. The summed E-state index contributed by atoms with van der Waals surface area (Å²) < 4.78 is 5.67. The summed E-state index contributed by atoms with van der Waals surface area (Å²) in [5, 5.41) is 7.84. The second-order valence-corrected chi connectivity index (χ2v) is 6.72. The number of nitrogens with zero attached hydrogens (tertiary/aromatic N) is 2. The van der Waals surface area contributed by atoms with Crippen molar-refractivity contribution in [3.05, 3.63) is 36.5 Å². The SMILES string of the molecule is CC(C)Oc1ccc(Nc2nc(NC3CCC3)c3cc[nH]c3n2)cc1. The number of ether oxygens (including phenoxy) is 1. The Kier molecular flexibility index (Phi) is 4.17. The molecule has 4 rings (SSSR count). The monoisotopic (exact) mass is 337 g/mol. The largest absolute Gasteiger partial charge is 0.491 e. The van der Waals surface area contributed by atoms with Gasteiger partial charge in [-0.3, -0.25) is 0 Å². The van der Waals surface area contributed by atoms with Gasteiger partial charge in [0.1, 0.15) is 17.2 Å². The molecule has 0 saturated heterocycles. The number of H-pyrrole nitrogens is 1. The van der Waals surface area contributed by atoms with Crippen LogP contribution in [0.25, 0.3) is 11.0 Å². The lowest BCUT2D eigenvalue weighted by atomic mass is 9.93. The third-order valence-corrected chi connectivity index (χ3v) is 4.34. The van der Waals surface area contributed by atoms with Crippen molar-refractivity contribution in [2.75, 3.05) is 10.6 Å². The van der Waals surface area contributed by atoms with E-state index in [1.54, 1.807) is 0 Å². The molecule has 1 aliphatic rings. The quantitative estimate of drug-likeness (QED) is 0.619. The molecule has 0 amide bonds. The zero-order valence-corrected chi connectivity index (χ0v) is 14.5. The Balaban J connectivity index is 1.56. The minimum atomic E-state index is 0.164. The van der Waals surface area contributed by atoms with E-state index in [9.17, 15) is 0 Å². The number of fused-ring (bicyclic) bond motifs is 1. The summed E-state index contributed by atoms with van der Waals surface area (Å²) in [5.41, 5.74) is 1.76. The molecule has 0 atom stereocenters. The molecule has 25 heavy (non-hydrogen) atoms. The number of aromatic nitrogens is 3. The molecule has 3 aromatic rings. The second kappa shape index (κ2) is 6.63. The molecule has 2 aromatic heterocycles. The first kappa shape index (κ1) is 15.7. The summed E-state index contributed by atoms with van der Waals surface area (Å²) in [7, 11) is 0. The molecular formula is C19H23N5O. The van der Waals surface area contributed by atoms with E-state index in [-0.39, 0.29) is 6.10 Å². The number of hydrogen-bond acceptors (Lipinski definition) is 5. The molecular weight excluding hydrogens is 314 g/mol. The highest BCUT2D eigenvalue weighted by Crippen LogP contribution is 2.28. The fourth-order valence-corrected chi connectivity index (χ4v) is 2.87. The van der Waals surface area contributed by atoms with Crippen LogP contribution in [0.5, 0.6) is 5.75 Å². The number of hydrogen-bond donors (Lipinski definition) is 3. The van der Waals surface area contributed by atoms with Crippen LogP contribution in [0.3, 0.4) is 0 Å². The van der Waals surface area contributed by atoms with Crippen LogP contribution < -0.4 is 15.4 Å². The number of benzene rings is 1. The van der Waals surface area contributed by atoms with Gasteiger partial charge in [0.05, 0.1) is 11.5 Å². The summed E-state index contributed by atoms with van der Waals surface area (Å²) in [6.45, 7) is 4.03. The first-order valence-corrected chi connectivity index (χ1v) is 8.83. The maximum atomic E-state index is 5.67. The maximum absolute atomic E-state index is 5.67. The first-order valence-electron chi connectivity index (χ1n) is 8.83. The van der Waals surface area contributed by atoms with E-state index < -0.39 is 0 Å². The van der Waals surface area contributed by atoms with Crippen LogP contribution in [0.4, 0.5) is 17.5 Å². The Labute approximate surface area is 147 Å². The normalized spacial score (nSPS) is 14.5. The summed E-state index contributed by atoms with van der Waals surface area (Å²) in [6.07, 6.45) is 5.76. The molecule has 0 bridgehead atoms. The molecule has 6 nitrogen and oxygen atoms in total. The van der Waals surface area contributed by atoms with Gasteiger partial charge >= 0.3 is 0 Å². The van der Waals surface area contributed by atoms with Crippen molar-refractivity contribution in [1.82, 2.24) is 15.0 Å². The zero-order valence-electron chi connectivity index (χ0n) is 14.5. The lowest BCUT2D eigenvalue weighted by Crippen LogP contribution is -2.27. The highest BCUT2D eigenvalue weighted by atomic mass is 16.5. The second-order valence-electron chi connectivity index (χ2n) is 6.72. The number of nitrogens with one attached hydrogen (secondary N) is 3. The summed E-state index contributed by atoms with van der Waals surface area (Å²) >= 11 is 0. The van der Waals surface area contributed by atoms with Crippen molar-refractivity contribution in [3.8, 4) is 5.75 Å². The fourth-order valence-electron chi connectivity index (χ4n) is 2.87. The Morgan fingerprint density at radius 2 is 1.92 bits per heavy atom. The van der Waals surface area contributed by atoms with Crippen molar-refractivity contribution >= 4 is 28.5 Å². The molecule has 0 aliphatic heterocycles. The van der Waals surface area contributed by atoms with Gasteiger partial charge in [-0.15, -0.1) is 0 Å². The van der Waals surface area contributed by atoms with E-state index in [2.05, 4.69) is 25.6 Å². The molecule has 130 valence electrons. The van der Waals surface area contributed by atoms with Gasteiger partial charge in [-0.2, -0.15) is 9.97 Å². The van der Waals surface area contributed by atoms with Crippen LogP contribution in [-0.2, 0) is 0 Å². The number of rotatable bonds is 6. The zero-order chi connectivity index (χ0) is 17.2. The Morgan fingerprint density at radius 3 is 2.60 bits per heavy atom. The molecule has 1 saturated carbocycles. The van der Waals surface area contributed by atoms with Gasteiger partial charge in [0.25, 0.3) is 0 Å². The van der Waals surface area contributed by atoms with Gasteiger partial charge in [-0.25, -0.2) is 0 Å². The summed E-state index contributed by atoms with van der Waals surface area (Å²) in [5.74, 6) is 2.32. The molecule has 1 aliphatic carbocycles. The van der Waals surface area contributed by atoms with Gasteiger partial charge in [0, 0.05) is 17.9 Å².